The lowest BCUT2D eigenvalue weighted by Gasteiger charge is -2.11. The van der Waals surface area contributed by atoms with Crippen molar-refractivity contribution in [2.45, 2.75) is 11.4 Å². The molecule has 9 heteroatoms. The van der Waals surface area contributed by atoms with Gasteiger partial charge >= 0.3 is 0 Å². The number of amides is 1. The summed E-state index contributed by atoms with van der Waals surface area (Å²) in [5.74, 6) is 0.480. The number of benzene rings is 2. The SMILES string of the molecule is CONS(=O)(=O)c1ccc(C(=O)NCc2ccc(OCCN(C)C)cc2)cc1. The molecular formula is C19H25N3O5S. The minimum atomic E-state index is -3.74. The number of ether oxygens (including phenoxy) is 1. The fourth-order valence-electron chi connectivity index (χ4n) is 2.28. The van der Waals surface area contributed by atoms with E-state index in [1.165, 1.54) is 31.4 Å². The Morgan fingerprint density at radius 1 is 1.04 bits per heavy atom. The van der Waals surface area contributed by atoms with Crippen LogP contribution >= 0.6 is 0 Å². The predicted octanol–water partition coefficient (Wildman–Crippen LogP) is 1.40. The molecule has 0 aliphatic rings. The molecule has 8 nitrogen and oxygen atoms in total. The Hall–Kier alpha value is -2.46. The highest BCUT2D eigenvalue weighted by Crippen LogP contribution is 2.13. The van der Waals surface area contributed by atoms with E-state index in [1.807, 2.05) is 48.1 Å². The maximum absolute atomic E-state index is 12.2. The van der Waals surface area contributed by atoms with Gasteiger partial charge in [0.1, 0.15) is 12.4 Å². The number of nitrogens with zero attached hydrogens (tertiary/aromatic N) is 1. The average molecular weight is 407 g/mol. The van der Waals surface area contributed by atoms with Gasteiger partial charge in [0.2, 0.25) is 0 Å². The summed E-state index contributed by atoms with van der Waals surface area (Å²) in [7, 11) is 1.44. The van der Waals surface area contributed by atoms with E-state index in [0.717, 1.165) is 17.9 Å². The average Bonchev–Trinajstić information content (AvgIpc) is 2.67. The number of rotatable bonds is 10. The molecule has 0 bridgehead atoms. The monoisotopic (exact) mass is 407 g/mol. The summed E-state index contributed by atoms with van der Waals surface area (Å²) in [6.45, 7) is 1.79. The number of hydrogen-bond donors (Lipinski definition) is 2. The van der Waals surface area contributed by atoms with Crippen LogP contribution in [0.1, 0.15) is 15.9 Å². The third-order valence-corrected chi connectivity index (χ3v) is 5.08. The van der Waals surface area contributed by atoms with E-state index in [0.29, 0.717) is 18.7 Å². The first kappa shape index (κ1) is 21.8. The summed E-state index contributed by atoms with van der Waals surface area (Å²) < 4.78 is 29.2. The summed E-state index contributed by atoms with van der Waals surface area (Å²) in [5, 5.41) is 2.80. The van der Waals surface area contributed by atoms with Gasteiger partial charge in [-0.05, 0) is 56.1 Å². The lowest BCUT2D eigenvalue weighted by molar-refractivity contribution is 0.0951. The zero-order valence-electron chi connectivity index (χ0n) is 16.1. The summed E-state index contributed by atoms with van der Waals surface area (Å²) in [6, 6.07) is 13.1. The topological polar surface area (TPSA) is 97.0 Å². The van der Waals surface area contributed by atoms with Crippen molar-refractivity contribution < 1.29 is 22.8 Å². The van der Waals surface area contributed by atoms with E-state index < -0.39 is 10.0 Å². The normalized spacial score (nSPS) is 11.4. The number of likely N-dealkylation sites (N-methyl/N-ethyl adjacent to an activating group) is 1. The van der Waals surface area contributed by atoms with Gasteiger partial charge in [0.25, 0.3) is 15.9 Å². The standard InChI is InChI=1S/C19H25N3O5S/c1-22(2)12-13-27-17-8-4-15(5-9-17)14-20-19(23)16-6-10-18(11-7-16)28(24,25)21-26-3/h4-11,21H,12-14H2,1-3H3,(H,20,23). The first-order valence-electron chi connectivity index (χ1n) is 8.61. The van der Waals surface area contributed by atoms with Crippen molar-refractivity contribution in [2.24, 2.45) is 0 Å². The Bertz CT molecular complexity index is 865. The smallest absolute Gasteiger partial charge is 0.262 e. The van der Waals surface area contributed by atoms with Crippen LogP contribution in [0.2, 0.25) is 0 Å². The van der Waals surface area contributed by atoms with Crippen molar-refractivity contribution in [3.63, 3.8) is 0 Å². The maximum Gasteiger partial charge on any atom is 0.262 e. The number of hydrogen-bond acceptors (Lipinski definition) is 6. The van der Waals surface area contributed by atoms with Crippen LogP contribution < -0.4 is 14.9 Å². The van der Waals surface area contributed by atoms with E-state index in [9.17, 15) is 13.2 Å². The lowest BCUT2D eigenvalue weighted by atomic mass is 10.2. The Morgan fingerprint density at radius 3 is 2.25 bits per heavy atom. The Labute approximate surface area is 165 Å². The van der Waals surface area contributed by atoms with Gasteiger partial charge in [-0.3, -0.25) is 9.63 Å². The molecule has 0 saturated heterocycles. The maximum atomic E-state index is 12.2. The van der Waals surface area contributed by atoms with Crippen molar-refractivity contribution in [3.05, 3.63) is 59.7 Å². The van der Waals surface area contributed by atoms with Crippen molar-refractivity contribution in [2.75, 3.05) is 34.4 Å². The molecule has 0 unspecified atom stereocenters. The van der Waals surface area contributed by atoms with Gasteiger partial charge in [0.05, 0.1) is 12.0 Å². The third kappa shape index (κ3) is 6.61. The second-order valence-electron chi connectivity index (χ2n) is 6.29. The summed E-state index contributed by atoms with van der Waals surface area (Å²) >= 11 is 0. The second-order valence-corrected chi connectivity index (χ2v) is 7.94. The summed E-state index contributed by atoms with van der Waals surface area (Å²) in [5.41, 5.74) is 1.29. The molecule has 2 N–H and O–H groups in total. The van der Waals surface area contributed by atoms with Crippen LogP contribution in [-0.2, 0) is 21.4 Å². The van der Waals surface area contributed by atoms with Crippen LogP contribution in [0.15, 0.2) is 53.4 Å². The lowest BCUT2D eigenvalue weighted by Crippen LogP contribution is -2.24. The van der Waals surface area contributed by atoms with Gasteiger partial charge in [-0.15, -0.1) is 0 Å². The summed E-state index contributed by atoms with van der Waals surface area (Å²) in [6.07, 6.45) is 0. The van der Waals surface area contributed by atoms with Gasteiger partial charge in [0.15, 0.2) is 0 Å². The zero-order valence-corrected chi connectivity index (χ0v) is 17.0. The summed E-state index contributed by atoms with van der Waals surface area (Å²) in [4.78, 5) is 20.7. The largest absolute Gasteiger partial charge is 0.492 e. The molecule has 0 aromatic heterocycles. The molecule has 0 radical (unpaired) electrons. The van der Waals surface area contributed by atoms with Gasteiger partial charge < -0.3 is 15.0 Å². The van der Waals surface area contributed by atoms with Crippen LogP contribution in [0.4, 0.5) is 0 Å². The Balaban J connectivity index is 1.88. The van der Waals surface area contributed by atoms with Gasteiger partial charge in [-0.2, -0.15) is 0 Å². The van der Waals surface area contributed by atoms with E-state index in [4.69, 9.17) is 4.74 Å². The Morgan fingerprint density at radius 2 is 1.68 bits per heavy atom. The molecule has 0 saturated carbocycles. The molecule has 152 valence electrons. The molecule has 0 aliphatic heterocycles. The van der Waals surface area contributed by atoms with E-state index >= 15 is 0 Å². The molecule has 0 fully saturated rings. The number of nitrogens with one attached hydrogen (secondary N) is 2. The van der Waals surface area contributed by atoms with Crippen LogP contribution in [0.3, 0.4) is 0 Å². The van der Waals surface area contributed by atoms with Gasteiger partial charge in [-0.25, -0.2) is 8.42 Å². The van der Waals surface area contributed by atoms with Crippen molar-refractivity contribution in [3.8, 4) is 5.75 Å². The van der Waals surface area contributed by atoms with Crippen molar-refractivity contribution in [1.29, 1.82) is 0 Å². The van der Waals surface area contributed by atoms with Gasteiger partial charge in [0, 0.05) is 18.7 Å². The third-order valence-electron chi connectivity index (χ3n) is 3.80. The molecule has 28 heavy (non-hydrogen) atoms. The second kappa shape index (κ2) is 10.2. The number of carbonyl (C=O) groups is 1. The highest BCUT2D eigenvalue weighted by atomic mass is 32.2. The molecule has 0 atom stereocenters. The highest BCUT2D eigenvalue weighted by Gasteiger charge is 2.14. The molecule has 0 aliphatic carbocycles. The molecule has 0 spiro atoms. The van der Waals surface area contributed by atoms with E-state index in [2.05, 4.69) is 10.2 Å². The van der Waals surface area contributed by atoms with E-state index in [1.54, 1.807) is 0 Å². The molecule has 2 aromatic carbocycles. The fraction of sp³-hybridized carbons (Fsp3) is 0.316. The molecule has 2 aromatic rings. The van der Waals surface area contributed by atoms with Gasteiger partial charge in [-0.1, -0.05) is 17.0 Å². The number of sulfonamides is 1. The van der Waals surface area contributed by atoms with Crippen LogP contribution in [0, 0.1) is 0 Å². The predicted molar refractivity (Wildman–Crippen MR) is 105 cm³/mol. The minimum absolute atomic E-state index is 0.00996. The molecule has 1 amide bonds. The molecule has 0 heterocycles. The molecular weight excluding hydrogens is 382 g/mol. The van der Waals surface area contributed by atoms with Crippen LogP contribution in [-0.4, -0.2) is 53.6 Å². The first-order chi connectivity index (χ1) is 13.3. The zero-order chi connectivity index (χ0) is 20.6. The van der Waals surface area contributed by atoms with Crippen molar-refractivity contribution in [1.82, 2.24) is 15.1 Å². The Kier molecular flexibility index (Phi) is 7.94. The van der Waals surface area contributed by atoms with Crippen LogP contribution in [0.5, 0.6) is 5.75 Å². The highest BCUT2D eigenvalue weighted by molar-refractivity contribution is 7.89. The van der Waals surface area contributed by atoms with E-state index in [-0.39, 0.29) is 10.8 Å². The molecule has 2 rings (SSSR count). The van der Waals surface area contributed by atoms with Crippen LogP contribution in [0.25, 0.3) is 0 Å². The fourth-order valence-corrected chi connectivity index (χ4v) is 3.09. The quantitative estimate of drug-likeness (QED) is 0.578. The first-order valence-corrected chi connectivity index (χ1v) is 10.1. The number of carbonyl (C=O) groups excluding carboxylic acids is 1. The minimum Gasteiger partial charge on any atom is -0.492 e. The van der Waals surface area contributed by atoms with Crippen molar-refractivity contribution >= 4 is 15.9 Å².